The Balaban J connectivity index is 1.50. The zero-order chi connectivity index (χ0) is 18.8. The summed E-state index contributed by atoms with van der Waals surface area (Å²) < 4.78 is 17.0. The summed E-state index contributed by atoms with van der Waals surface area (Å²) in [4.78, 5) is 12.5. The average molecular weight is 401 g/mol. The lowest BCUT2D eigenvalue weighted by Crippen LogP contribution is -2.11. The molecule has 4 rings (SSSR count). The van der Waals surface area contributed by atoms with Crippen molar-refractivity contribution in [2.75, 3.05) is 18.6 Å². The lowest BCUT2D eigenvalue weighted by atomic mass is 10.1. The highest BCUT2D eigenvalue weighted by atomic mass is 32.2. The Morgan fingerprint density at radius 1 is 1.15 bits per heavy atom. The van der Waals surface area contributed by atoms with Crippen LogP contribution < -0.4 is 9.47 Å². The molecule has 0 radical (unpaired) electrons. The largest absolute Gasteiger partial charge is 0.493 e. The number of hydrogen-bond acceptors (Lipinski definition) is 6. The van der Waals surface area contributed by atoms with Crippen molar-refractivity contribution in [3.63, 3.8) is 0 Å². The number of fused-ring (bicyclic) bond motifs is 1. The van der Waals surface area contributed by atoms with Gasteiger partial charge in [0, 0.05) is 22.5 Å². The van der Waals surface area contributed by atoms with E-state index in [9.17, 15) is 4.79 Å². The van der Waals surface area contributed by atoms with E-state index in [-0.39, 0.29) is 12.4 Å². The Labute approximate surface area is 166 Å². The van der Waals surface area contributed by atoms with Gasteiger partial charge in [0.2, 0.25) is 0 Å². The highest BCUT2D eigenvalue weighted by Gasteiger charge is 2.21. The topological polar surface area (TPSA) is 48.7 Å². The van der Waals surface area contributed by atoms with E-state index in [0.717, 1.165) is 33.6 Å². The highest BCUT2D eigenvalue weighted by molar-refractivity contribution is 8.19. The number of rotatable bonds is 5. The second kappa shape index (κ2) is 7.90. The Kier molecular flexibility index (Phi) is 5.36. The molecule has 1 aliphatic heterocycles. The van der Waals surface area contributed by atoms with E-state index in [4.69, 9.17) is 13.9 Å². The normalized spacial score (nSPS) is 14.6. The third-order valence-corrected chi connectivity index (χ3v) is 7.56. The number of ether oxygens (including phenoxy) is 2. The van der Waals surface area contributed by atoms with Gasteiger partial charge in [-0.2, -0.15) is 0 Å². The molecule has 0 aliphatic carbocycles. The number of furan rings is 1. The summed E-state index contributed by atoms with van der Waals surface area (Å²) in [7, 11) is 1.59. The van der Waals surface area contributed by atoms with Gasteiger partial charge in [0.1, 0.15) is 5.58 Å². The molecule has 0 N–H and O–H groups in total. The average Bonchev–Trinajstić information content (AvgIpc) is 3.32. The third-order valence-electron chi connectivity index (χ3n) is 4.45. The van der Waals surface area contributed by atoms with E-state index < -0.39 is 0 Å². The van der Waals surface area contributed by atoms with Crippen LogP contribution in [0, 0.1) is 6.92 Å². The van der Waals surface area contributed by atoms with Gasteiger partial charge in [-0.05, 0) is 36.2 Å². The maximum Gasteiger partial charge on any atom is 0.315 e. The predicted octanol–water partition coefficient (Wildman–Crippen LogP) is 5.38. The summed E-state index contributed by atoms with van der Waals surface area (Å²) >= 11 is 3.86. The molecule has 27 heavy (non-hydrogen) atoms. The van der Waals surface area contributed by atoms with Crippen molar-refractivity contribution in [3.05, 3.63) is 59.4 Å². The molecule has 1 aromatic heterocycles. The third kappa shape index (κ3) is 3.96. The molecule has 3 aromatic rings. The maximum absolute atomic E-state index is 12.5. The molecule has 140 valence electrons. The summed E-state index contributed by atoms with van der Waals surface area (Å²) in [6.45, 7) is 2.01. The lowest BCUT2D eigenvalue weighted by Gasteiger charge is -2.13. The lowest BCUT2D eigenvalue weighted by molar-refractivity contribution is -0.133. The molecule has 0 amide bonds. The van der Waals surface area contributed by atoms with Crippen LogP contribution in [0.3, 0.4) is 0 Å². The van der Waals surface area contributed by atoms with Gasteiger partial charge in [0.15, 0.2) is 11.5 Å². The van der Waals surface area contributed by atoms with E-state index in [2.05, 4.69) is 0 Å². The summed E-state index contributed by atoms with van der Waals surface area (Å²) in [6, 6.07) is 11.7. The number of carbonyl (C=O) groups is 1. The van der Waals surface area contributed by atoms with Crippen molar-refractivity contribution in [3.8, 4) is 11.5 Å². The van der Waals surface area contributed by atoms with Crippen molar-refractivity contribution in [2.24, 2.45) is 0 Å². The van der Waals surface area contributed by atoms with Crippen LogP contribution in [0.15, 0.2) is 47.1 Å². The number of hydrogen-bond donors (Lipinski definition) is 0. The van der Waals surface area contributed by atoms with Crippen molar-refractivity contribution < 1.29 is 18.7 Å². The monoisotopic (exact) mass is 400 g/mol. The van der Waals surface area contributed by atoms with Crippen molar-refractivity contribution in [2.45, 2.75) is 17.9 Å². The molecule has 2 aromatic carbocycles. The quantitative estimate of drug-likeness (QED) is 0.423. The Morgan fingerprint density at radius 2 is 1.96 bits per heavy atom. The maximum atomic E-state index is 12.5. The molecule has 1 aliphatic rings. The first-order valence-corrected chi connectivity index (χ1v) is 10.8. The van der Waals surface area contributed by atoms with Gasteiger partial charge < -0.3 is 13.9 Å². The second-order valence-corrected chi connectivity index (χ2v) is 9.12. The van der Waals surface area contributed by atoms with Crippen LogP contribution in [-0.2, 0) is 11.2 Å². The minimum absolute atomic E-state index is 0.148. The van der Waals surface area contributed by atoms with Crippen molar-refractivity contribution in [1.29, 1.82) is 0 Å². The smallest absolute Gasteiger partial charge is 0.315 e. The fourth-order valence-corrected chi connectivity index (χ4v) is 5.95. The summed E-state index contributed by atoms with van der Waals surface area (Å²) in [5.74, 6) is 3.01. The fraction of sp³-hybridized carbons (Fsp3) is 0.286. The molecule has 1 fully saturated rings. The van der Waals surface area contributed by atoms with Crippen molar-refractivity contribution >= 4 is 40.5 Å². The Morgan fingerprint density at radius 3 is 2.74 bits per heavy atom. The Hall–Kier alpha value is -2.05. The minimum atomic E-state index is -0.339. The SMILES string of the molecule is COc1cc(C2SCCS2)ccc1OC(=O)Cc1coc2cc(C)ccc12. The van der Waals surface area contributed by atoms with Crippen LogP contribution >= 0.6 is 23.5 Å². The van der Waals surface area contributed by atoms with Gasteiger partial charge in [-0.15, -0.1) is 23.5 Å². The van der Waals surface area contributed by atoms with Gasteiger partial charge >= 0.3 is 5.97 Å². The first-order valence-electron chi connectivity index (χ1n) is 8.72. The van der Waals surface area contributed by atoms with Crippen molar-refractivity contribution in [1.82, 2.24) is 0 Å². The number of methoxy groups -OCH3 is 1. The van der Waals surface area contributed by atoms with Crippen LogP contribution in [0.5, 0.6) is 11.5 Å². The molecule has 1 saturated heterocycles. The van der Waals surface area contributed by atoms with Gasteiger partial charge in [-0.1, -0.05) is 18.2 Å². The molecule has 0 unspecified atom stereocenters. The predicted molar refractivity (Wildman–Crippen MR) is 111 cm³/mol. The minimum Gasteiger partial charge on any atom is -0.493 e. The standard InChI is InChI=1S/C21H20O4S2/c1-13-3-5-16-15(12-24-18(16)9-13)11-20(22)25-17-6-4-14(10-19(17)23-2)21-26-7-8-27-21/h3-6,9-10,12,21H,7-8,11H2,1-2H3. The first-order chi connectivity index (χ1) is 13.1. The van der Waals surface area contributed by atoms with E-state index in [1.165, 1.54) is 5.56 Å². The van der Waals surface area contributed by atoms with Crippen LogP contribution in [0.1, 0.15) is 21.3 Å². The van der Waals surface area contributed by atoms with Gasteiger partial charge in [-0.25, -0.2) is 0 Å². The van der Waals surface area contributed by atoms with Gasteiger partial charge in [-0.3, -0.25) is 4.79 Å². The molecule has 0 atom stereocenters. The van der Waals surface area contributed by atoms with Gasteiger partial charge in [0.25, 0.3) is 0 Å². The zero-order valence-corrected chi connectivity index (χ0v) is 16.8. The second-order valence-electron chi connectivity index (χ2n) is 6.40. The van der Waals surface area contributed by atoms with E-state index in [1.807, 2.05) is 66.8 Å². The first kappa shape index (κ1) is 18.3. The number of carbonyl (C=O) groups excluding carboxylic acids is 1. The number of benzene rings is 2. The van der Waals surface area contributed by atoms with Crippen LogP contribution in [0.2, 0.25) is 0 Å². The highest BCUT2D eigenvalue weighted by Crippen LogP contribution is 2.47. The summed E-state index contributed by atoms with van der Waals surface area (Å²) in [5.41, 5.74) is 3.92. The molecule has 6 heteroatoms. The zero-order valence-electron chi connectivity index (χ0n) is 15.2. The number of thioether (sulfide) groups is 2. The fourth-order valence-electron chi connectivity index (χ4n) is 3.11. The molecular formula is C21H20O4S2. The van der Waals surface area contributed by atoms with E-state index in [0.29, 0.717) is 16.1 Å². The van der Waals surface area contributed by atoms with E-state index >= 15 is 0 Å². The summed E-state index contributed by atoms with van der Waals surface area (Å²) in [6.07, 6.45) is 1.77. The van der Waals surface area contributed by atoms with E-state index in [1.54, 1.807) is 13.4 Å². The molecule has 4 nitrogen and oxygen atoms in total. The molecule has 2 heterocycles. The number of esters is 1. The van der Waals surface area contributed by atoms with Crippen LogP contribution in [0.4, 0.5) is 0 Å². The molecule has 0 bridgehead atoms. The summed E-state index contributed by atoms with van der Waals surface area (Å²) in [5, 5.41) is 0.940. The number of aryl methyl sites for hydroxylation is 1. The Bertz CT molecular complexity index is 973. The molecule has 0 spiro atoms. The van der Waals surface area contributed by atoms with Crippen LogP contribution in [-0.4, -0.2) is 24.6 Å². The molecule has 0 saturated carbocycles. The van der Waals surface area contributed by atoms with Crippen LogP contribution in [0.25, 0.3) is 11.0 Å². The molecular weight excluding hydrogens is 380 g/mol. The van der Waals surface area contributed by atoms with Gasteiger partial charge in [0.05, 0.1) is 24.4 Å².